The molecule has 0 unspecified atom stereocenters. The van der Waals surface area contributed by atoms with Crippen LogP contribution in [0.1, 0.15) is 98.0 Å². The number of imidazole rings is 1. The second-order valence-corrected chi connectivity index (χ2v) is 12.8. The first-order chi connectivity index (χ1) is 21.6. The van der Waals surface area contributed by atoms with E-state index in [2.05, 4.69) is 30.9 Å². The van der Waals surface area contributed by atoms with E-state index in [1.165, 1.54) is 21.7 Å². The van der Waals surface area contributed by atoms with Crippen LogP contribution in [0.4, 0.5) is 30.7 Å². The van der Waals surface area contributed by atoms with Gasteiger partial charge in [-0.05, 0) is 55.1 Å². The maximum atomic E-state index is 14.0. The Hall–Kier alpha value is -3.79. The molecule has 2 atom stereocenters. The first-order valence-corrected chi connectivity index (χ1v) is 15.3. The Bertz CT molecular complexity index is 1570. The number of amides is 2. The van der Waals surface area contributed by atoms with Crippen LogP contribution in [0.25, 0.3) is 5.65 Å². The van der Waals surface area contributed by atoms with Gasteiger partial charge in [0.1, 0.15) is 0 Å². The predicted molar refractivity (Wildman–Crippen MR) is 147 cm³/mol. The summed E-state index contributed by atoms with van der Waals surface area (Å²) in [4.78, 5) is 31.4. The average molecular weight is 659 g/mol. The van der Waals surface area contributed by atoms with Gasteiger partial charge in [0.05, 0.1) is 49.3 Å². The molecule has 250 valence electrons. The molecule has 0 saturated heterocycles. The molecule has 0 aliphatic heterocycles. The number of fused-ring (bicyclic) bond motifs is 1. The summed E-state index contributed by atoms with van der Waals surface area (Å²) in [5, 5.41) is 18.1. The van der Waals surface area contributed by atoms with Crippen molar-refractivity contribution in [1.29, 1.82) is 0 Å². The highest BCUT2D eigenvalue weighted by molar-refractivity contribution is 5.92. The maximum Gasteiger partial charge on any atom is 0.389 e. The lowest BCUT2D eigenvalue weighted by Crippen LogP contribution is -2.38. The Morgan fingerprint density at radius 1 is 0.935 bits per heavy atom. The summed E-state index contributed by atoms with van der Waals surface area (Å²) in [6.45, 7) is 0.134. The summed E-state index contributed by atoms with van der Waals surface area (Å²) < 4.78 is 93.9. The van der Waals surface area contributed by atoms with Crippen LogP contribution in [0.2, 0.25) is 0 Å². The third-order valence-corrected chi connectivity index (χ3v) is 8.97. The number of nitrogens with one attached hydrogen (secondary N) is 2. The van der Waals surface area contributed by atoms with Crippen molar-refractivity contribution in [1.82, 2.24) is 40.2 Å². The summed E-state index contributed by atoms with van der Waals surface area (Å²) in [5.74, 6) is -7.53. The molecule has 0 bridgehead atoms. The molecule has 3 fully saturated rings. The summed E-state index contributed by atoms with van der Waals surface area (Å²) in [6.07, 6.45) is -1.58. The van der Waals surface area contributed by atoms with Crippen molar-refractivity contribution in [3.05, 3.63) is 41.6 Å². The van der Waals surface area contributed by atoms with Crippen molar-refractivity contribution < 1.29 is 40.3 Å². The lowest BCUT2D eigenvalue weighted by molar-refractivity contribution is -0.144. The van der Waals surface area contributed by atoms with Gasteiger partial charge in [-0.15, -0.1) is 5.10 Å². The van der Waals surface area contributed by atoms with Crippen molar-refractivity contribution in [2.24, 2.45) is 17.8 Å². The van der Waals surface area contributed by atoms with Gasteiger partial charge in [-0.1, -0.05) is 0 Å². The monoisotopic (exact) mass is 658 g/mol. The number of nitrogens with zero attached hydrogens (tertiary/aromatic N) is 6. The first kappa shape index (κ1) is 32.2. The third-order valence-electron chi connectivity index (χ3n) is 8.97. The molecule has 3 heterocycles. The minimum absolute atomic E-state index is 0.0404. The van der Waals surface area contributed by atoms with E-state index in [-0.39, 0.29) is 62.6 Å². The largest absolute Gasteiger partial charge is 0.389 e. The zero-order valence-corrected chi connectivity index (χ0v) is 24.6. The van der Waals surface area contributed by atoms with Gasteiger partial charge in [0.25, 0.3) is 5.91 Å². The maximum absolute atomic E-state index is 14.0. The number of rotatable bonds is 11. The molecule has 3 aromatic rings. The van der Waals surface area contributed by atoms with Crippen LogP contribution < -0.4 is 10.6 Å². The normalized spacial score (nSPS) is 21.5. The van der Waals surface area contributed by atoms with Crippen molar-refractivity contribution in [2.75, 3.05) is 0 Å². The molecule has 10 nitrogen and oxygen atoms in total. The van der Waals surface area contributed by atoms with Crippen LogP contribution in [-0.2, 0) is 11.3 Å². The summed E-state index contributed by atoms with van der Waals surface area (Å²) in [7, 11) is 0. The lowest BCUT2D eigenvalue weighted by atomic mass is 9.81. The molecule has 46 heavy (non-hydrogen) atoms. The van der Waals surface area contributed by atoms with E-state index in [1.807, 2.05) is 0 Å². The van der Waals surface area contributed by atoms with E-state index in [0.717, 1.165) is 12.8 Å². The lowest BCUT2D eigenvalue weighted by Gasteiger charge is -2.34. The Balaban J connectivity index is 1.20. The van der Waals surface area contributed by atoms with Gasteiger partial charge in [-0.25, -0.2) is 27.1 Å². The van der Waals surface area contributed by atoms with Gasteiger partial charge in [0.15, 0.2) is 11.3 Å². The standard InChI is InChI=1S/C29H33F7N8O2/c30-27(31)6-3-18(4-7-27)25(41-26(46)20-13-38-44(42-20)14-16-10-28(32,33)11-16)21-15-43-22(39-21)9-19(12-37-43)24(17-1-2-17)40-23(45)5-8-29(34,35)36/h9,12-13,15-18,24-25H,1-8,10-11,14H2,(H,40,45)(H,41,46)/t24-,25+/m1/s1. The second kappa shape index (κ2) is 12.1. The van der Waals surface area contributed by atoms with Crippen molar-refractivity contribution in [2.45, 2.75) is 101 Å². The highest BCUT2D eigenvalue weighted by atomic mass is 19.4. The van der Waals surface area contributed by atoms with Crippen molar-refractivity contribution in [3.63, 3.8) is 0 Å². The highest BCUT2D eigenvalue weighted by Gasteiger charge is 2.45. The number of hydrogen-bond acceptors (Lipinski definition) is 6. The molecule has 6 rings (SSSR count). The number of carbonyl (C=O) groups is 2. The van der Waals surface area contributed by atoms with Crippen LogP contribution >= 0.6 is 0 Å². The van der Waals surface area contributed by atoms with Gasteiger partial charge in [0.2, 0.25) is 17.8 Å². The molecule has 17 heteroatoms. The number of aromatic nitrogens is 6. The molecule has 0 spiro atoms. The Labute approximate surface area is 258 Å². The molecular weight excluding hydrogens is 625 g/mol. The van der Waals surface area contributed by atoms with E-state index in [0.29, 0.717) is 16.9 Å². The van der Waals surface area contributed by atoms with Gasteiger partial charge in [-0.2, -0.15) is 28.2 Å². The van der Waals surface area contributed by atoms with Crippen LogP contribution in [0, 0.1) is 17.8 Å². The molecule has 0 aromatic carbocycles. The molecule has 2 amide bonds. The van der Waals surface area contributed by atoms with E-state index >= 15 is 0 Å². The molecule has 3 aliphatic carbocycles. The van der Waals surface area contributed by atoms with Crippen molar-refractivity contribution in [3.8, 4) is 0 Å². The predicted octanol–water partition coefficient (Wildman–Crippen LogP) is 5.57. The Morgan fingerprint density at radius 3 is 2.28 bits per heavy atom. The second-order valence-electron chi connectivity index (χ2n) is 12.8. The molecule has 0 radical (unpaired) electrons. The van der Waals surface area contributed by atoms with Crippen LogP contribution in [-0.4, -0.2) is 59.4 Å². The Kier molecular flexibility index (Phi) is 8.46. The minimum Gasteiger partial charge on any atom is -0.349 e. The molecular formula is C29H33F7N8O2. The molecule has 3 saturated carbocycles. The van der Waals surface area contributed by atoms with E-state index in [1.54, 1.807) is 12.3 Å². The fourth-order valence-electron chi connectivity index (χ4n) is 6.31. The number of halogens is 7. The van der Waals surface area contributed by atoms with Gasteiger partial charge in [0, 0.05) is 32.1 Å². The van der Waals surface area contributed by atoms with Crippen LogP contribution in [0.5, 0.6) is 0 Å². The van der Waals surface area contributed by atoms with E-state index in [4.69, 9.17) is 0 Å². The number of carbonyl (C=O) groups excluding carboxylic acids is 2. The summed E-state index contributed by atoms with van der Waals surface area (Å²) >= 11 is 0. The van der Waals surface area contributed by atoms with Gasteiger partial charge < -0.3 is 10.6 Å². The fourth-order valence-corrected chi connectivity index (χ4v) is 6.31. The summed E-state index contributed by atoms with van der Waals surface area (Å²) in [6, 6.07) is 0.307. The molecule has 2 N–H and O–H groups in total. The van der Waals surface area contributed by atoms with E-state index in [9.17, 15) is 40.3 Å². The SMILES string of the molecule is O=C(CCC(F)(F)F)N[C@@H](c1cnn2cc([C@@H](NC(=O)c3cnn(CC4CC(F)(F)C4)n3)C3CCC(F)(F)CC3)nc2c1)C1CC1. The fraction of sp³-hybridized carbons (Fsp3) is 0.655. The smallest absolute Gasteiger partial charge is 0.349 e. The molecule has 3 aliphatic rings. The quantitative estimate of drug-likeness (QED) is 0.260. The highest BCUT2D eigenvalue weighted by Crippen LogP contribution is 2.44. The third kappa shape index (κ3) is 7.77. The first-order valence-electron chi connectivity index (χ1n) is 15.3. The van der Waals surface area contributed by atoms with Gasteiger partial charge in [-0.3, -0.25) is 9.59 Å². The zero-order valence-electron chi connectivity index (χ0n) is 24.6. The zero-order chi connectivity index (χ0) is 32.9. The average Bonchev–Trinajstić information content (AvgIpc) is 3.54. The van der Waals surface area contributed by atoms with E-state index < -0.39 is 60.7 Å². The topological polar surface area (TPSA) is 119 Å². The van der Waals surface area contributed by atoms with Gasteiger partial charge >= 0.3 is 6.18 Å². The number of alkyl halides is 7. The van der Waals surface area contributed by atoms with Crippen molar-refractivity contribution >= 4 is 17.5 Å². The number of hydrogen-bond donors (Lipinski definition) is 2. The Morgan fingerprint density at radius 2 is 1.63 bits per heavy atom. The van der Waals surface area contributed by atoms with Crippen LogP contribution in [0.15, 0.2) is 24.7 Å². The molecule has 3 aromatic heterocycles. The van der Waals surface area contributed by atoms with Crippen LogP contribution in [0.3, 0.4) is 0 Å². The summed E-state index contributed by atoms with van der Waals surface area (Å²) in [5.41, 5.74) is 1.20. The minimum atomic E-state index is -4.45.